The largest absolute Gasteiger partial charge is 0.301 e. The van der Waals surface area contributed by atoms with Crippen LogP contribution in [0.25, 0.3) is 0 Å². The minimum absolute atomic E-state index is 0.00907. The molecule has 2 aromatic rings. The fourth-order valence-corrected chi connectivity index (χ4v) is 4.02. The van der Waals surface area contributed by atoms with Crippen LogP contribution in [0.5, 0.6) is 0 Å². The molecule has 21 heavy (non-hydrogen) atoms. The van der Waals surface area contributed by atoms with Crippen LogP contribution in [0.1, 0.15) is 11.6 Å². The van der Waals surface area contributed by atoms with Crippen molar-refractivity contribution in [1.29, 1.82) is 0 Å². The standard InChI is InChI=1S/C14H17ClN2O2S2/c1-17(2)14(11-6-7-20-10-11)9-16-21(18,19)13-5-3-4-12(15)8-13/h3-8,10,14,16H,9H2,1-2H3. The summed E-state index contributed by atoms with van der Waals surface area (Å²) in [6.07, 6.45) is 0. The quantitative estimate of drug-likeness (QED) is 0.876. The Kier molecular flexibility index (Phi) is 5.40. The first-order chi connectivity index (χ1) is 9.90. The molecule has 1 N–H and O–H groups in total. The molecule has 0 aliphatic rings. The first-order valence-corrected chi connectivity index (χ1v) is 9.14. The molecule has 0 saturated carbocycles. The molecule has 0 aliphatic heterocycles. The Morgan fingerprint density at radius 2 is 2.10 bits per heavy atom. The number of benzene rings is 1. The van der Waals surface area contributed by atoms with Crippen molar-refractivity contribution < 1.29 is 8.42 Å². The SMILES string of the molecule is CN(C)C(CNS(=O)(=O)c1cccc(Cl)c1)c1ccsc1. The minimum Gasteiger partial charge on any atom is -0.301 e. The monoisotopic (exact) mass is 344 g/mol. The Bertz CT molecular complexity index is 685. The number of nitrogens with zero attached hydrogens (tertiary/aromatic N) is 1. The fraction of sp³-hybridized carbons (Fsp3) is 0.286. The van der Waals surface area contributed by atoms with Crippen molar-refractivity contribution >= 4 is 33.0 Å². The zero-order valence-corrected chi connectivity index (χ0v) is 14.2. The summed E-state index contributed by atoms with van der Waals surface area (Å²) in [6.45, 7) is 0.304. The third-order valence-electron chi connectivity index (χ3n) is 3.12. The van der Waals surface area contributed by atoms with E-state index < -0.39 is 10.0 Å². The molecule has 0 amide bonds. The molecule has 2 rings (SSSR count). The van der Waals surface area contributed by atoms with Crippen LogP contribution < -0.4 is 4.72 Å². The van der Waals surface area contributed by atoms with E-state index in [1.54, 1.807) is 23.5 Å². The first-order valence-electron chi connectivity index (χ1n) is 6.34. The second-order valence-electron chi connectivity index (χ2n) is 4.85. The van der Waals surface area contributed by atoms with Crippen LogP contribution >= 0.6 is 22.9 Å². The highest BCUT2D eigenvalue weighted by atomic mass is 35.5. The second kappa shape index (κ2) is 6.89. The van der Waals surface area contributed by atoms with Crippen molar-refractivity contribution in [3.8, 4) is 0 Å². The Labute approximate surface area is 134 Å². The van der Waals surface area contributed by atoms with Crippen molar-refractivity contribution in [2.45, 2.75) is 10.9 Å². The molecule has 0 bridgehead atoms. The highest BCUT2D eigenvalue weighted by Crippen LogP contribution is 2.21. The second-order valence-corrected chi connectivity index (χ2v) is 7.83. The van der Waals surface area contributed by atoms with E-state index >= 15 is 0 Å². The number of hydrogen-bond acceptors (Lipinski definition) is 4. The number of nitrogens with one attached hydrogen (secondary N) is 1. The highest BCUT2D eigenvalue weighted by molar-refractivity contribution is 7.89. The summed E-state index contributed by atoms with van der Waals surface area (Å²) in [4.78, 5) is 2.17. The number of sulfonamides is 1. The molecule has 1 heterocycles. The lowest BCUT2D eigenvalue weighted by molar-refractivity contribution is 0.300. The first kappa shape index (κ1) is 16.5. The van der Waals surface area contributed by atoms with Crippen LogP contribution in [-0.2, 0) is 10.0 Å². The number of halogens is 1. The van der Waals surface area contributed by atoms with Crippen molar-refractivity contribution in [3.05, 3.63) is 51.7 Å². The van der Waals surface area contributed by atoms with Crippen LogP contribution in [-0.4, -0.2) is 34.0 Å². The average molecular weight is 345 g/mol. The van der Waals surface area contributed by atoms with Gasteiger partial charge in [-0.25, -0.2) is 13.1 Å². The zero-order chi connectivity index (χ0) is 15.5. The Morgan fingerprint density at radius 1 is 1.33 bits per heavy atom. The molecule has 0 fully saturated rings. The summed E-state index contributed by atoms with van der Waals surface area (Å²) in [7, 11) is 0.293. The van der Waals surface area contributed by atoms with Gasteiger partial charge in [0.15, 0.2) is 0 Å². The molecule has 0 radical (unpaired) electrons. The summed E-state index contributed by atoms with van der Waals surface area (Å²) < 4.78 is 27.2. The molecule has 1 aromatic heterocycles. The van der Waals surface area contributed by atoms with E-state index in [0.717, 1.165) is 5.56 Å². The van der Waals surface area contributed by atoms with Crippen molar-refractivity contribution in [2.24, 2.45) is 0 Å². The van der Waals surface area contributed by atoms with Gasteiger partial charge in [0.05, 0.1) is 4.90 Å². The van der Waals surface area contributed by atoms with Gasteiger partial charge in [0, 0.05) is 17.6 Å². The van der Waals surface area contributed by atoms with Gasteiger partial charge < -0.3 is 4.90 Å². The Hall–Kier alpha value is -0.920. The average Bonchev–Trinajstić information content (AvgIpc) is 2.92. The maximum absolute atomic E-state index is 12.3. The molecule has 0 spiro atoms. The molecule has 4 nitrogen and oxygen atoms in total. The minimum atomic E-state index is -3.56. The van der Waals surface area contributed by atoms with Crippen LogP contribution in [0, 0.1) is 0 Å². The summed E-state index contributed by atoms with van der Waals surface area (Å²) >= 11 is 7.44. The predicted molar refractivity (Wildman–Crippen MR) is 87.4 cm³/mol. The lowest BCUT2D eigenvalue weighted by Gasteiger charge is -2.24. The van der Waals surface area contributed by atoms with Crippen LogP contribution in [0.4, 0.5) is 0 Å². The third kappa shape index (κ3) is 4.28. The van der Waals surface area contributed by atoms with E-state index in [0.29, 0.717) is 11.6 Å². The summed E-state index contributed by atoms with van der Waals surface area (Å²) in [5, 5.41) is 4.41. The molecule has 1 unspecified atom stereocenters. The molecule has 0 aliphatic carbocycles. The van der Waals surface area contributed by atoms with Gasteiger partial charge in [-0.15, -0.1) is 0 Å². The zero-order valence-electron chi connectivity index (χ0n) is 11.8. The number of likely N-dealkylation sites (N-methyl/N-ethyl adjacent to an activating group) is 1. The van der Waals surface area contributed by atoms with Crippen LogP contribution in [0.2, 0.25) is 5.02 Å². The number of hydrogen-bond donors (Lipinski definition) is 1. The molecule has 114 valence electrons. The van der Waals surface area contributed by atoms with Gasteiger partial charge in [-0.2, -0.15) is 11.3 Å². The van der Waals surface area contributed by atoms with E-state index in [1.807, 2.05) is 35.8 Å². The third-order valence-corrected chi connectivity index (χ3v) is 5.48. The fourth-order valence-electron chi connectivity index (χ4n) is 1.97. The van der Waals surface area contributed by atoms with E-state index in [1.165, 1.54) is 12.1 Å². The smallest absolute Gasteiger partial charge is 0.240 e. The molecule has 7 heteroatoms. The lowest BCUT2D eigenvalue weighted by atomic mass is 10.1. The van der Waals surface area contributed by atoms with Crippen molar-refractivity contribution in [3.63, 3.8) is 0 Å². The van der Waals surface area contributed by atoms with Gasteiger partial charge in [0.2, 0.25) is 10.0 Å². The molecule has 1 atom stereocenters. The Morgan fingerprint density at radius 3 is 2.67 bits per heavy atom. The van der Waals surface area contributed by atoms with Crippen LogP contribution in [0.15, 0.2) is 46.0 Å². The van der Waals surface area contributed by atoms with E-state index in [4.69, 9.17) is 11.6 Å². The molecule has 1 aromatic carbocycles. The van der Waals surface area contributed by atoms with E-state index in [-0.39, 0.29) is 10.9 Å². The molecule has 0 saturated heterocycles. The predicted octanol–water partition coefficient (Wildman–Crippen LogP) is 2.98. The maximum atomic E-state index is 12.3. The van der Waals surface area contributed by atoms with Gasteiger partial charge in [0.25, 0.3) is 0 Å². The van der Waals surface area contributed by atoms with Gasteiger partial charge in [-0.3, -0.25) is 0 Å². The number of thiophene rings is 1. The van der Waals surface area contributed by atoms with Gasteiger partial charge in [0.1, 0.15) is 0 Å². The number of rotatable bonds is 6. The normalized spacial score (nSPS) is 13.5. The molecular formula is C14H17ClN2O2S2. The summed E-state index contributed by atoms with van der Waals surface area (Å²) in [6, 6.07) is 8.24. The summed E-state index contributed by atoms with van der Waals surface area (Å²) in [5.41, 5.74) is 1.10. The highest BCUT2D eigenvalue weighted by Gasteiger charge is 2.20. The lowest BCUT2D eigenvalue weighted by Crippen LogP contribution is -2.34. The van der Waals surface area contributed by atoms with Crippen molar-refractivity contribution in [2.75, 3.05) is 20.6 Å². The molecular weight excluding hydrogens is 328 g/mol. The van der Waals surface area contributed by atoms with Gasteiger partial charge in [-0.1, -0.05) is 17.7 Å². The van der Waals surface area contributed by atoms with Crippen LogP contribution in [0.3, 0.4) is 0 Å². The summed E-state index contributed by atoms with van der Waals surface area (Å²) in [5.74, 6) is 0. The van der Waals surface area contributed by atoms with E-state index in [2.05, 4.69) is 4.72 Å². The van der Waals surface area contributed by atoms with Gasteiger partial charge >= 0.3 is 0 Å². The topological polar surface area (TPSA) is 49.4 Å². The Balaban J connectivity index is 2.13. The van der Waals surface area contributed by atoms with E-state index in [9.17, 15) is 8.42 Å². The van der Waals surface area contributed by atoms with Crippen molar-refractivity contribution in [1.82, 2.24) is 9.62 Å². The van der Waals surface area contributed by atoms with Gasteiger partial charge in [-0.05, 0) is 54.7 Å². The maximum Gasteiger partial charge on any atom is 0.240 e.